The molecule has 1 aromatic carbocycles. The minimum Gasteiger partial charge on any atom is -0.396 e. The molecule has 1 aliphatic rings. The molecule has 0 unspecified atom stereocenters. The Bertz CT molecular complexity index is 355. The average Bonchev–Trinajstić information content (AvgIpc) is 2.41. The monoisotopic (exact) mass is 263 g/mol. The number of rotatable bonds is 6. The van der Waals surface area contributed by atoms with Gasteiger partial charge in [-0.05, 0) is 43.2 Å². The van der Waals surface area contributed by atoms with E-state index in [-0.39, 0.29) is 18.6 Å². The fraction of sp³-hybridized carbons (Fsp3) is 0.625. The first-order chi connectivity index (χ1) is 9.28. The van der Waals surface area contributed by atoms with Crippen LogP contribution in [0.4, 0.5) is 0 Å². The zero-order valence-electron chi connectivity index (χ0n) is 11.6. The molecule has 1 fully saturated rings. The maximum absolute atomic E-state index is 9.29. The highest BCUT2D eigenvalue weighted by atomic mass is 16.3. The Balaban J connectivity index is 1.99. The minimum absolute atomic E-state index is 0.108. The van der Waals surface area contributed by atoms with Crippen molar-refractivity contribution in [3.05, 3.63) is 35.9 Å². The van der Waals surface area contributed by atoms with Crippen molar-refractivity contribution in [1.29, 1.82) is 0 Å². The maximum Gasteiger partial charge on any atom is 0.0436 e. The summed E-state index contributed by atoms with van der Waals surface area (Å²) in [6, 6.07) is 10.5. The zero-order valence-corrected chi connectivity index (χ0v) is 11.6. The first-order valence-electron chi connectivity index (χ1n) is 7.26. The second-order valence-corrected chi connectivity index (χ2v) is 5.75. The van der Waals surface area contributed by atoms with E-state index in [0.29, 0.717) is 0 Å². The zero-order chi connectivity index (χ0) is 13.6. The first kappa shape index (κ1) is 14.5. The lowest BCUT2D eigenvalue weighted by Crippen LogP contribution is -2.43. The molecule has 0 aromatic heterocycles. The van der Waals surface area contributed by atoms with Gasteiger partial charge in [-0.2, -0.15) is 0 Å². The standard InChI is InChI=1S/C16H25NO2/c18-11-8-16(9-12-19)7-4-10-17(14-16)13-15-5-2-1-3-6-15/h1-3,5-6,18-19H,4,7-14H2. The third-order valence-corrected chi connectivity index (χ3v) is 4.27. The molecule has 0 spiro atoms. The average molecular weight is 263 g/mol. The molecule has 0 radical (unpaired) electrons. The fourth-order valence-electron chi connectivity index (χ4n) is 3.29. The van der Waals surface area contributed by atoms with E-state index < -0.39 is 0 Å². The van der Waals surface area contributed by atoms with Crippen LogP contribution < -0.4 is 0 Å². The van der Waals surface area contributed by atoms with Gasteiger partial charge in [-0.1, -0.05) is 30.3 Å². The predicted octanol–water partition coefficient (Wildman–Crippen LogP) is 2.03. The SMILES string of the molecule is OCCC1(CCO)CCCN(Cc2ccccc2)C1. The van der Waals surface area contributed by atoms with Crippen molar-refractivity contribution in [3.63, 3.8) is 0 Å². The summed E-state index contributed by atoms with van der Waals surface area (Å²) < 4.78 is 0. The number of piperidine rings is 1. The third kappa shape index (κ3) is 4.03. The molecular weight excluding hydrogens is 238 g/mol. The number of aliphatic hydroxyl groups is 2. The topological polar surface area (TPSA) is 43.7 Å². The Labute approximate surface area is 115 Å². The number of nitrogens with zero attached hydrogens (tertiary/aromatic N) is 1. The Morgan fingerprint density at radius 3 is 2.37 bits per heavy atom. The molecule has 106 valence electrons. The van der Waals surface area contributed by atoms with E-state index in [4.69, 9.17) is 0 Å². The van der Waals surface area contributed by atoms with Gasteiger partial charge < -0.3 is 10.2 Å². The van der Waals surface area contributed by atoms with Crippen molar-refractivity contribution in [1.82, 2.24) is 4.90 Å². The highest BCUT2D eigenvalue weighted by Gasteiger charge is 2.34. The molecule has 19 heavy (non-hydrogen) atoms. The second-order valence-electron chi connectivity index (χ2n) is 5.75. The van der Waals surface area contributed by atoms with Crippen LogP contribution in [0.5, 0.6) is 0 Å². The van der Waals surface area contributed by atoms with Gasteiger partial charge >= 0.3 is 0 Å². The number of benzene rings is 1. The maximum atomic E-state index is 9.29. The van der Waals surface area contributed by atoms with Crippen LogP contribution in [0.1, 0.15) is 31.2 Å². The van der Waals surface area contributed by atoms with E-state index >= 15 is 0 Å². The second kappa shape index (κ2) is 7.04. The summed E-state index contributed by atoms with van der Waals surface area (Å²) in [6.07, 6.45) is 3.89. The van der Waals surface area contributed by atoms with Crippen LogP contribution in [0.2, 0.25) is 0 Å². The third-order valence-electron chi connectivity index (χ3n) is 4.27. The molecule has 2 N–H and O–H groups in total. The van der Waals surface area contributed by atoms with Crippen molar-refractivity contribution >= 4 is 0 Å². The highest BCUT2D eigenvalue weighted by molar-refractivity contribution is 5.14. The Kier molecular flexibility index (Phi) is 5.37. The lowest BCUT2D eigenvalue weighted by atomic mass is 9.75. The molecule has 0 aliphatic carbocycles. The number of likely N-dealkylation sites (tertiary alicyclic amines) is 1. The van der Waals surface area contributed by atoms with Crippen LogP contribution in [-0.4, -0.2) is 41.4 Å². The van der Waals surface area contributed by atoms with Crippen molar-refractivity contribution in [2.75, 3.05) is 26.3 Å². The van der Waals surface area contributed by atoms with Gasteiger partial charge in [0.05, 0.1) is 0 Å². The van der Waals surface area contributed by atoms with Gasteiger partial charge in [0.1, 0.15) is 0 Å². The van der Waals surface area contributed by atoms with Gasteiger partial charge in [0, 0.05) is 26.3 Å². The highest BCUT2D eigenvalue weighted by Crippen LogP contribution is 2.36. The molecule has 1 aliphatic heterocycles. The molecule has 3 heteroatoms. The molecule has 3 nitrogen and oxygen atoms in total. The molecule has 0 amide bonds. The van der Waals surface area contributed by atoms with Crippen LogP contribution >= 0.6 is 0 Å². The summed E-state index contributed by atoms with van der Waals surface area (Å²) in [5.41, 5.74) is 1.45. The minimum atomic E-state index is 0.108. The van der Waals surface area contributed by atoms with Gasteiger partial charge in [-0.3, -0.25) is 4.90 Å². The van der Waals surface area contributed by atoms with E-state index in [1.807, 2.05) is 6.07 Å². The molecular formula is C16H25NO2. The van der Waals surface area contributed by atoms with Gasteiger partial charge in [0.2, 0.25) is 0 Å². The smallest absolute Gasteiger partial charge is 0.0436 e. The number of hydrogen-bond acceptors (Lipinski definition) is 3. The molecule has 0 bridgehead atoms. The van der Waals surface area contributed by atoms with Gasteiger partial charge in [-0.15, -0.1) is 0 Å². The predicted molar refractivity (Wildman–Crippen MR) is 76.8 cm³/mol. The van der Waals surface area contributed by atoms with Crippen molar-refractivity contribution in [3.8, 4) is 0 Å². The van der Waals surface area contributed by atoms with Crippen molar-refractivity contribution in [2.24, 2.45) is 5.41 Å². The van der Waals surface area contributed by atoms with Crippen molar-refractivity contribution < 1.29 is 10.2 Å². The summed E-state index contributed by atoms with van der Waals surface area (Å²) in [7, 11) is 0. The van der Waals surface area contributed by atoms with Crippen molar-refractivity contribution in [2.45, 2.75) is 32.2 Å². The lowest BCUT2D eigenvalue weighted by molar-refractivity contribution is 0.0369. The van der Waals surface area contributed by atoms with Crippen LogP contribution in [0.25, 0.3) is 0 Å². The van der Waals surface area contributed by atoms with E-state index in [1.54, 1.807) is 0 Å². The molecule has 1 heterocycles. The molecule has 0 saturated carbocycles. The van der Waals surface area contributed by atoms with Gasteiger partial charge in [-0.25, -0.2) is 0 Å². The van der Waals surface area contributed by atoms with E-state index in [0.717, 1.165) is 45.3 Å². The Morgan fingerprint density at radius 2 is 1.74 bits per heavy atom. The normalized spacial score (nSPS) is 19.5. The first-order valence-corrected chi connectivity index (χ1v) is 7.26. The van der Waals surface area contributed by atoms with Crippen LogP contribution in [0.3, 0.4) is 0 Å². The summed E-state index contributed by atoms with van der Waals surface area (Å²) >= 11 is 0. The Hall–Kier alpha value is -0.900. The lowest BCUT2D eigenvalue weighted by Gasteiger charge is -2.42. The van der Waals surface area contributed by atoms with E-state index in [1.165, 1.54) is 5.56 Å². The molecule has 1 saturated heterocycles. The summed E-state index contributed by atoms with van der Waals surface area (Å²) in [5.74, 6) is 0. The van der Waals surface area contributed by atoms with E-state index in [9.17, 15) is 10.2 Å². The molecule has 2 rings (SSSR count). The van der Waals surface area contributed by atoms with Crippen LogP contribution in [0, 0.1) is 5.41 Å². The largest absolute Gasteiger partial charge is 0.396 e. The molecule has 0 atom stereocenters. The number of aliphatic hydroxyl groups excluding tert-OH is 2. The molecule has 1 aromatic rings. The van der Waals surface area contributed by atoms with Crippen LogP contribution in [0.15, 0.2) is 30.3 Å². The van der Waals surface area contributed by atoms with Gasteiger partial charge in [0.15, 0.2) is 0 Å². The van der Waals surface area contributed by atoms with Gasteiger partial charge in [0.25, 0.3) is 0 Å². The summed E-state index contributed by atoms with van der Waals surface area (Å²) in [4.78, 5) is 2.46. The summed E-state index contributed by atoms with van der Waals surface area (Å²) in [6.45, 7) is 3.52. The fourth-order valence-corrected chi connectivity index (χ4v) is 3.29. The number of hydrogen-bond donors (Lipinski definition) is 2. The van der Waals surface area contributed by atoms with E-state index in [2.05, 4.69) is 29.2 Å². The quantitative estimate of drug-likeness (QED) is 0.825. The summed E-state index contributed by atoms with van der Waals surface area (Å²) in [5, 5.41) is 18.6. The van der Waals surface area contributed by atoms with Crippen LogP contribution in [-0.2, 0) is 6.54 Å². The Morgan fingerprint density at radius 1 is 1.05 bits per heavy atom.